The summed E-state index contributed by atoms with van der Waals surface area (Å²) in [4.78, 5) is 13.6. The van der Waals surface area contributed by atoms with Gasteiger partial charge in [-0.25, -0.2) is 8.42 Å². The first-order chi connectivity index (χ1) is 10.4. The lowest BCUT2D eigenvalue weighted by Gasteiger charge is -2.15. The summed E-state index contributed by atoms with van der Waals surface area (Å²) in [5.41, 5.74) is 2.11. The topological polar surface area (TPSA) is 84.3 Å². The van der Waals surface area contributed by atoms with Crippen molar-refractivity contribution in [2.45, 2.75) is 18.2 Å². The maximum absolute atomic E-state index is 12.3. The van der Waals surface area contributed by atoms with Gasteiger partial charge in [-0.15, -0.1) is 0 Å². The van der Waals surface area contributed by atoms with E-state index in [9.17, 15) is 13.2 Å². The highest BCUT2D eigenvalue weighted by Gasteiger charge is 2.26. The van der Waals surface area contributed by atoms with Crippen LogP contribution in [0.3, 0.4) is 0 Å². The maximum atomic E-state index is 12.3. The monoisotopic (exact) mass is 320 g/mol. The first-order valence-electron chi connectivity index (χ1n) is 6.85. The minimum absolute atomic E-state index is 0.0322. The van der Waals surface area contributed by atoms with Crippen molar-refractivity contribution >= 4 is 27.3 Å². The summed E-state index contributed by atoms with van der Waals surface area (Å²) in [6.45, 7) is 2.51. The van der Waals surface area contributed by atoms with E-state index in [4.69, 9.17) is 0 Å². The molecule has 1 amide bonds. The molecule has 8 heteroatoms. The van der Waals surface area contributed by atoms with Crippen LogP contribution in [-0.2, 0) is 28.3 Å². The molecule has 22 heavy (non-hydrogen) atoms. The molecule has 0 fully saturated rings. The molecular weight excluding hydrogens is 304 g/mol. The van der Waals surface area contributed by atoms with Crippen LogP contribution in [0.25, 0.3) is 0 Å². The van der Waals surface area contributed by atoms with Gasteiger partial charge >= 0.3 is 0 Å². The van der Waals surface area contributed by atoms with Crippen molar-refractivity contribution in [3.8, 4) is 0 Å². The van der Waals surface area contributed by atoms with Crippen LogP contribution in [0.15, 0.2) is 35.5 Å². The number of nitrogens with zero attached hydrogens (tertiary/aromatic N) is 3. The third kappa shape index (κ3) is 2.45. The zero-order chi connectivity index (χ0) is 15.9. The van der Waals surface area contributed by atoms with E-state index in [0.717, 1.165) is 11.3 Å². The molecule has 0 atom stereocenters. The second kappa shape index (κ2) is 5.13. The number of nitrogens with one attached hydrogen (secondary N) is 1. The van der Waals surface area contributed by atoms with Gasteiger partial charge in [0.05, 0.1) is 12.6 Å². The third-order valence-corrected chi connectivity index (χ3v) is 4.91. The third-order valence-electron chi connectivity index (χ3n) is 3.57. The fourth-order valence-electron chi connectivity index (χ4n) is 2.54. The van der Waals surface area contributed by atoms with Crippen LogP contribution >= 0.6 is 0 Å². The fraction of sp³-hybridized carbons (Fsp3) is 0.286. The SMILES string of the molecule is CCN1C(=O)Cc2cc(NS(=O)(=O)c3cnn(C)c3)ccc21. The Morgan fingerprint density at radius 3 is 2.77 bits per heavy atom. The molecule has 0 unspecified atom stereocenters. The zero-order valence-corrected chi connectivity index (χ0v) is 13.1. The Bertz CT molecular complexity index is 842. The molecule has 0 saturated carbocycles. The quantitative estimate of drug-likeness (QED) is 0.915. The summed E-state index contributed by atoms with van der Waals surface area (Å²) in [6, 6.07) is 5.13. The van der Waals surface area contributed by atoms with Crippen LogP contribution in [-0.4, -0.2) is 30.7 Å². The second-order valence-corrected chi connectivity index (χ2v) is 6.80. The van der Waals surface area contributed by atoms with E-state index >= 15 is 0 Å². The number of carbonyl (C=O) groups is 1. The Kier molecular flexibility index (Phi) is 3.40. The van der Waals surface area contributed by atoms with Gasteiger partial charge in [0.2, 0.25) is 5.91 Å². The number of aryl methyl sites for hydroxylation is 1. The molecule has 1 aromatic heterocycles. The largest absolute Gasteiger partial charge is 0.312 e. The van der Waals surface area contributed by atoms with Crippen LogP contribution in [0.4, 0.5) is 11.4 Å². The lowest BCUT2D eigenvalue weighted by molar-refractivity contribution is -0.117. The highest BCUT2D eigenvalue weighted by molar-refractivity contribution is 7.92. The first kappa shape index (κ1) is 14.6. The number of hydrogen-bond acceptors (Lipinski definition) is 4. The van der Waals surface area contributed by atoms with Crippen molar-refractivity contribution in [1.29, 1.82) is 0 Å². The Morgan fingerprint density at radius 2 is 2.14 bits per heavy atom. The summed E-state index contributed by atoms with van der Waals surface area (Å²) in [7, 11) is -2.02. The van der Waals surface area contributed by atoms with Gasteiger partial charge in [0.25, 0.3) is 10.0 Å². The Labute approximate surface area is 128 Å². The molecular formula is C14H16N4O3S. The lowest BCUT2D eigenvalue weighted by Crippen LogP contribution is -2.25. The fourth-order valence-corrected chi connectivity index (χ4v) is 3.58. The minimum Gasteiger partial charge on any atom is -0.312 e. The van der Waals surface area contributed by atoms with Gasteiger partial charge in [-0.1, -0.05) is 0 Å². The molecule has 0 radical (unpaired) electrons. The molecule has 2 aromatic rings. The molecule has 116 valence electrons. The molecule has 0 bridgehead atoms. The van der Waals surface area contributed by atoms with E-state index in [1.807, 2.05) is 6.92 Å². The van der Waals surface area contributed by atoms with Crippen LogP contribution in [0.1, 0.15) is 12.5 Å². The summed E-state index contributed by atoms with van der Waals surface area (Å²) < 4.78 is 28.5. The first-order valence-corrected chi connectivity index (χ1v) is 8.34. The van der Waals surface area contributed by atoms with Gasteiger partial charge in [-0.3, -0.25) is 14.2 Å². The van der Waals surface area contributed by atoms with Gasteiger partial charge in [0, 0.05) is 31.2 Å². The molecule has 1 aromatic carbocycles. The van der Waals surface area contributed by atoms with Gasteiger partial charge < -0.3 is 4.90 Å². The average Bonchev–Trinajstić information content (AvgIpc) is 3.01. The summed E-state index contributed by atoms with van der Waals surface area (Å²) in [6.07, 6.45) is 3.02. The normalized spacial score (nSPS) is 14.3. The predicted octanol–water partition coefficient (Wildman–Crippen LogP) is 1.13. The van der Waals surface area contributed by atoms with E-state index in [2.05, 4.69) is 9.82 Å². The van der Waals surface area contributed by atoms with Crippen molar-refractivity contribution < 1.29 is 13.2 Å². The van der Waals surface area contributed by atoms with Gasteiger partial charge in [0.15, 0.2) is 0 Å². The van der Waals surface area contributed by atoms with E-state index in [1.54, 1.807) is 30.1 Å². The Morgan fingerprint density at radius 1 is 1.36 bits per heavy atom. The van der Waals surface area contributed by atoms with Crippen molar-refractivity contribution in [2.75, 3.05) is 16.2 Å². The van der Waals surface area contributed by atoms with Crippen molar-refractivity contribution in [3.63, 3.8) is 0 Å². The smallest absolute Gasteiger partial charge is 0.265 e. The highest BCUT2D eigenvalue weighted by atomic mass is 32.2. The summed E-state index contributed by atoms with van der Waals surface area (Å²) in [5.74, 6) is 0.0322. The number of fused-ring (bicyclic) bond motifs is 1. The van der Waals surface area contributed by atoms with Crippen LogP contribution < -0.4 is 9.62 Å². The molecule has 7 nitrogen and oxygen atoms in total. The van der Waals surface area contributed by atoms with E-state index in [0.29, 0.717) is 18.7 Å². The molecule has 1 N–H and O–H groups in total. The van der Waals surface area contributed by atoms with E-state index < -0.39 is 10.0 Å². The lowest BCUT2D eigenvalue weighted by atomic mass is 10.1. The van der Waals surface area contributed by atoms with E-state index in [1.165, 1.54) is 17.1 Å². The predicted molar refractivity (Wildman–Crippen MR) is 82.2 cm³/mol. The number of anilines is 2. The van der Waals surface area contributed by atoms with Crippen molar-refractivity contribution in [3.05, 3.63) is 36.2 Å². The van der Waals surface area contributed by atoms with E-state index in [-0.39, 0.29) is 10.8 Å². The highest BCUT2D eigenvalue weighted by Crippen LogP contribution is 2.31. The van der Waals surface area contributed by atoms with Crippen LogP contribution in [0, 0.1) is 0 Å². The molecule has 0 aliphatic carbocycles. The molecule has 1 aliphatic rings. The summed E-state index contributed by atoms with van der Waals surface area (Å²) >= 11 is 0. The second-order valence-electron chi connectivity index (χ2n) is 5.11. The van der Waals surface area contributed by atoms with Crippen LogP contribution in [0.2, 0.25) is 0 Å². The zero-order valence-electron chi connectivity index (χ0n) is 12.3. The van der Waals surface area contributed by atoms with Crippen molar-refractivity contribution in [1.82, 2.24) is 9.78 Å². The number of likely N-dealkylation sites (N-methyl/N-ethyl adjacent to an activating group) is 1. The molecule has 0 saturated heterocycles. The number of benzene rings is 1. The minimum atomic E-state index is -3.67. The molecule has 3 rings (SSSR count). The Hall–Kier alpha value is -2.35. The molecule has 0 spiro atoms. The number of amides is 1. The Balaban J connectivity index is 1.89. The van der Waals surface area contributed by atoms with Crippen LogP contribution in [0.5, 0.6) is 0 Å². The number of sulfonamides is 1. The number of hydrogen-bond donors (Lipinski definition) is 1. The average molecular weight is 320 g/mol. The number of rotatable bonds is 4. The molecule has 1 aliphatic heterocycles. The number of aromatic nitrogens is 2. The van der Waals surface area contributed by atoms with Gasteiger partial charge in [-0.2, -0.15) is 5.10 Å². The van der Waals surface area contributed by atoms with Gasteiger partial charge in [0.1, 0.15) is 4.90 Å². The van der Waals surface area contributed by atoms with Gasteiger partial charge in [-0.05, 0) is 30.7 Å². The van der Waals surface area contributed by atoms with Crippen molar-refractivity contribution in [2.24, 2.45) is 7.05 Å². The summed E-state index contributed by atoms with van der Waals surface area (Å²) in [5, 5.41) is 3.86. The number of carbonyl (C=O) groups excluding carboxylic acids is 1. The standard InChI is InChI=1S/C14H16N4O3S/c1-3-18-13-5-4-11(6-10(13)7-14(18)19)16-22(20,21)12-8-15-17(2)9-12/h4-6,8-9,16H,3,7H2,1-2H3. The maximum Gasteiger partial charge on any atom is 0.265 e. The molecule has 2 heterocycles.